The molecule has 112 valence electrons. The molecule has 1 amide bonds. The highest BCUT2D eigenvalue weighted by molar-refractivity contribution is 5.99. The summed E-state index contributed by atoms with van der Waals surface area (Å²) < 4.78 is 1.60. The smallest absolute Gasteiger partial charge is 0.259 e. The number of aromatic nitrogens is 4. The quantitative estimate of drug-likeness (QED) is 0.740. The van der Waals surface area contributed by atoms with Crippen LogP contribution in [-0.2, 0) is 6.54 Å². The topological polar surface area (TPSA) is 63.4 Å². The molecule has 0 atom stereocenters. The Morgan fingerprint density at radius 1 is 1.23 bits per heavy atom. The first-order valence-corrected chi connectivity index (χ1v) is 7.16. The summed E-state index contributed by atoms with van der Waals surface area (Å²) in [4.78, 5) is 23.2. The number of carbonyl (C=O) groups excluding carboxylic acids is 1. The number of fused-ring (bicyclic) bond motifs is 1. The Bertz CT molecular complexity index is 781. The molecule has 0 aliphatic rings. The summed E-state index contributed by atoms with van der Waals surface area (Å²) in [7, 11) is 0. The van der Waals surface area contributed by atoms with Crippen LogP contribution < -0.4 is 0 Å². The van der Waals surface area contributed by atoms with Crippen LogP contribution in [0.3, 0.4) is 0 Å². The van der Waals surface area contributed by atoms with E-state index >= 15 is 0 Å². The van der Waals surface area contributed by atoms with E-state index in [0.717, 1.165) is 5.69 Å². The number of carbonyl (C=O) groups is 1. The molecule has 6 heteroatoms. The van der Waals surface area contributed by atoms with E-state index in [1.54, 1.807) is 40.3 Å². The van der Waals surface area contributed by atoms with Crippen molar-refractivity contribution in [3.05, 3.63) is 60.3 Å². The lowest BCUT2D eigenvalue weighted by molar-refractivity contribution is 0.0689. The summed E-state index contributed by atoms with van der Waals surface area (Å²) in [6, 6.07) is 7.52. The van der Waals surface area contributed by atoms with Gasteiger partial charge >= 0.3 is 0 Å². The highest BCUT2D eigenvalue weighted by atomic mass is 16.2. The van der Waals surface area contributed by atoms with Crippen molar-refractivity contribution in [3.63, 3.8) is 0 Å². The van der Waals surface area contributed by atoms with Gasteiger partial charge in [0.1, 0.15) is 5.56 Å². The summed E-state index contributed by atoms with van der Waals surface area (Å²) in [5.74, 6) is -0.0886. The summed E-state index contributed by atoms with van der Waals surface area (Å²) >= 11 is 0. The van der Waals surface area contributed by atoms with Crippen molar-refractivity contribution in [2.24, 2.45) is 0 Å². The maximum Gasteiger partial charge on any atom is 0.259 e. The predicted octanol–water partition coefficient (Wildman–Crippen LogP) is 2.18. The molecule has 22 heavy (non-hydrogen) atoms. The van der Waals surface area contributed by atoms with Crippen LogP contribution in [0.1, 0.15) is 29.9 Å². The van der Waals surface area contributed by atoms with Crippen molar-refractivity contribution in [1.29, 1.82) is 0 Å². The third-order valence-corrected chi connectivity index (χ3v) is 3.45. The monoisotopic (exact) mass is 295 g/mol. The first kappa shape index (κ1) is 14.2. The van der Waals surface area contributed by atoms with E-state index < -0.39 is 0 Å². The third kappa shape index (κ3) is 2.67. The molecule has 3 heterocycles. The lowest BCUT2D eigenvalue weighted by Crippen LogP contribution is -2.36. The number of amides is 1. The second kappa shape index (κ2) is 5.93. The van der Waals surface area contributed by atoms with Crippen molar-refractivity contribution >= 4 is 11.6 Å². The number of rotatable bonds is 4. The highest BCUT2D eigenvalue weighted by Crippen LogP contribution is 2.15. The van der Waals surface area contributed by atoms with Crippen molar-refractivity contribution < 1.29 is 4.79 Å². The Kier molecular flexibility index (Phi) is 3.82. The Morgan fingerprint density at radius 2 is 2.05 bits per heavy atom. The molecule has 0 aliphatic heterocycles. The fraction of sp³-hybridized carbons (Fsp3) is 0.250. The van der Waals surface area contributed by atoms with Gasteiger partial charge in [-0.05, 0) is 32.0 Å². The maximum atomic E-state index is 12.9. The van der Waals surface area contributed by atoms with Crippen molar-refractivity contribution in [1.82, 2.24) is 24.5 Å². The Morgan fingerprint density at radius 3 is 2.77 bits per heavy atom. The van der Waals surface area contributed by atoms with E-state index in [2.05, 4.69) is 15.1 Å². The second-order valence-electron chi connectivity index (χ2n) is 5.29. The minimum Gasteiger partial charge on any atom is -0.330 e. The lowest BCUT2D eigenvalue weighted by Gasteiger charge is -2.26. The molecule has 0 bridgehead atoms. The molecule has 0 N–H and O–H groups in total. The lowest BCUT2D eigenvalue weighted by atomic mass is 10.2. The van der Waals surface area contributed by atoms with E-state index in [4.69, 9.17) is 0 Å². The van der Waals surface area contributed by atoms with Crippen LogP contribution in [0.2, 0.25) is 0 Å². The number of hydrogen-bond donors (Lipinski definition) is 0. The molecule has 0 saturated carbocycles. The number of pyridine rings is 1. The second-order valence-corrected chi connectivity index (χ2v) is 5.29. The van der Waals surface area contributed by atoms with Crippen LogP contribution in [-0.4, -0.2) is 36.4 Å². The van der Waals surface area contributed by atoms with Gasteiger partial charge < -0.3 is 4.90 Å². The summed E-state index contributed by atoms with van der Waals surface area (Å²) in [6.07, 6.45) is 6.73. The summed E-state index contributed by atoms with van der Waals surface area (Å²) in [5, 5.41) is 4.18. The van der Waals surface area contributed by atoms with Crippen LogP contribution >= 0.6 is 0 Å². The fourth-order valence-corrected chi connectivity index (χ4v) is 2.29. The van der Waals surface area contributed by atoms with E-state index in [1.807, 2.05) is 32.0 Å². The van der Waals surface area contributed by atoms with Gasteiger partial charge in [0, 0.05) is 24.6 Å². The minimum atomic E-state index is -0.0886. The normalized spacial score (nSPS) is 11.0. The molecule has 0 fully saturated rings. The SMILES string of the molecule is CC(C)N(Cc1ccccn1)C(=O)c1cnn2cccnc12. The zero-order valence-corrected chi connectivity index (χ0v) is 12.5. The Labute approximate surface area is 128 Å². The highest BCUT2D eigenvalue weighted by Gasteiger charge is 2.23. The fourth-order valence-electron chi connectivity index (χ4n) is 2.29. The van der Waals surface area contributed by atoms with Crippen LogP contribution in [0.4, 0.5) is 0 Å². The zero-order chi connectivity index (χ0) is 15.5. The van der Waals surface area contributed by atoms with Gasteiger partial charge in [0.25, 0.3) is 5.91 Å². The van der Waals surface area contributed by atoms with E-state index in [-0.39, 0.29) is 11.9 Å². The van der Waals surface area contributed by atoms with Crippen LogP contribution in [0.5, 0.6) is 0 Å². The van der Waals surface area contributed by atoms with E-state index in [9.17, 15) is 4.79 Å². The molecule has 0 saturated heterocycles. The summed E-state index contributed by atoms with van der Waals surface area (Å²) in [6.45, 7) is 4.43. The van der Waals surface area contributed by atoms with Gasteiger partial charge in [0.15, 0.2) is 5.65 Å². The molecule has 0 radical (unpaired) electrons. The molecule has 0 aliphatic carbocycles. The molecular formula is C16H17N5O. The van der Waals surface area contributed by atoms with Crippen molar-refractivity contribution in [2.75, 3.05) is 0 Å². The predicted molar refractivity (Wildman–Crippen MR) is 82.2 cm³/mol. The average Bonchev–Trinajstić information content (AvgIpc) is 2.97. The van der Waals surface area contributed by atoms with Crippen molar-refractivity contribution in [2.45, 2.75) is 26.4 Å². The molecule has 3 rings (SSSR count). The molecule has 3 aromatic rings. The third-order valence-electron chi connectivity index (χ3n) is 3.45. The van der Waals surface area contributed by atoms with E-state index in [0.29, 0.717) is 17.8 Å². The number of hydrogen-bond acceptors (Lipinski definition) is 4. The Hall–Kier alpha value is -2.76. The van der Waals surface area contributed by atoms with Crippen molar-refractivity contribution in [3.8, 4) is 0 Å². The largest absolute Gasteiger partial charge is 0.330 e. The first-order valence-electron chi connectivity index (χ1n) is 7.16. The van der Waals surface area contributed by atoms with Gasteiger partial charge in [0.05, 0.1) is 18.4 Å². The zero-order valence-electron chi connectivity index (χ0n) is 12.5. The number of nitrogens with zero attached hydrogens (tertiary/aromatic N) is 5. The van der Waals surface area contributed by atoms with Gasteiger partial charge in [-0.1, -0.05) is 6.07 Å². The van der Waals surface area contributed by atoms with Crippen LogP contribution in [0.25, 0.3) is 5.65 Å². The first-order chi connectivity index (χ1) is 10.7. The van der Waals surface area contributed by atoms with Gasteiger partial charge in [-0.2, -0.15) is 5.10 Å². The summed E-state index contributed by atoms with van der Waals surface area (Å²) in [5.41, 5.74) is 1.93. The molecule has 0 spiro atoms. The molecular weight excluding hydrogens is 278 g/mol. The molecule has 3 aromatic heterocycles. The van der Waals surface area contributed by atoms with Gasteiger partial charge in [-0.3, -0.25) is 9.78 Å². The van der Waals surface area contributed by atoms with Crippen LogP contribution in [0.15, 0.2) is 49.1 Å². The molecule has 6 nitrogen and oxygen atoms in total. The molecule has 0 unspecified atom stereocenters. The maximum absolute atomic E-state index is 12.9. The average molecular weight is 295 g/mol. The van der Waals surface area contributed by atoms with Gasteiger partial charge in [-0.15, -0.1) is 0 Å². The van der Waals surface area contributed by atoms with Gasteiger partial charge in [-0.25, -0.2) is 9.50 Å². The molecule has 0 aromatic carbocycles. The minimum absolute atomic E-state index is 0.0492. The van der Waals surface area contributed by atoms with Crippen LogP contribution in [0, 0.1) is 0 Å². The van der Waals surface area contributed by atoms with Gasteiger partial charge in [0.2, 0.25) is 0 Å². The standard InChI is InChI=1S/C16H17N5O/c1-12(2)20(11-13-6-3-4-7-17-13)16(22)14-10-19-21-9-5-8-18-15(14)21/h3-10,12H,11H2,1-2H3. The Balaban J connectivity index is 1.93. The van der Waals surface area contributed by atoms with E-state index in [1.165, 1.54) is 0 Å².